The SMILES string of the molecule is CC(C)CNC(=O)COc1cccc(Cl)c1CN. The van der Waals surface area contributed by atoms with Crippen LogP contribution in [0.2, 0.25) is 5.02 Å². The predicted octanol–water partition coefficient (Wildman–Crippen LogP) is 1.95. The Hall–Kier alpha value is -1.26. The molecule has 1 rings (SSSR count). The quantitative estimate of drug-likeness (QED) is 0.830. The Balaban J connectivity index is 2.53. The van der Waals surface area contributed by atoms with Crippen molar-refractivity contribution < 1.29 is 9.53 Å². The van der Waals surface area contributed by atoms with E-state index in [-0.39, 0.29) is 19.1 Å². The number of nitrogens with one attached hydrogen (secondary N) is 1. The van der Waals surface area contributed by atoms with Gasteiger partial charge in [-0.2, -0.15) is 0 Å². The third-order valence-corrected chi connectivity index (χ3v) is 2.70. The van der Waals surface area contributed by atoms with Crippen LogP contribution in [0.4, 0.5) is 0 Å². The second-order valence-corrected chi connectivity index (χ2v) is 4.81. The van der Waals surface area contributed by atoms with Crippen LogP contribution in [0.25, 0.3) is 0 Å². The molecule has 0 spiro atoms. The average Bonchev–Trinajstić information content (AvgIpc) is 2.33. The molecule has 0 aliphatic rings. The molecule has 0 unspecified atom stereocenters. The lowest BCUT2D eigenvalue weighted by molar-refractivity contribution is -0.123. The maximum atomic E-state index is 11.5. The Bertz CT molecular complexity index is 408. The van der Waals surface area contributed by atoms with Gasteiger partial charge < -0.3 is 15.8 Å². The molecule has 1 amide bonds. The van der Waals surface area contributed by atoms with Gasteiger partial charge >= 0.3 is 0 Å². The van der Waals surface area contributed by atoms with Crippen LogP contribution in [0.5, 0.6) is 5.75 Å². The van der Waals surface area contributed by atoms with Crippen molar-refractivity contribution in [2.24, 2.45) is 11.7 Å². The van der Waals surface area contributed by atoms with Gasteiger partial charge in [0.15, 0.2) is 6.61 Å². The fourth-order valence-corrected chi connectivity index (χ4v) is 1.63. The highest BCUT2D eigenvalue weighted by Gasteiger charge is 2.09. The molecule has 4 nitrogen and oxygen atoms in total. The highest BCUT2D eigenvalue weighted by atomic mass is 35.5. The minimum Gasteiger partial charge on any atom is -0.483 e. The highest BCUT2D eigenvalue weighted by molar-refractivity contribution is 6.31. The topological polar surface area (TPSA) is 64.3 Å². The fourth-order valence-electron chi connectivity index (χ4n) is 1.38. The summed E-state index contributed by atoms with van der Waals surface area (Å²) in [5.74, 6) is 0.830. The first-order valence-corrected chi connectivity index (χ1v) is 6.29. The molecular weight excluding hydrogens is 252 g/mol. The second-order valence-electron chi connectivity index (χ2n) is 4.41. The van der Waals surface area contributed by atoms with E-state index in [2.05, 4.69) is 5.32 Å². The molecule has 0 aromatic heterocycles. The number of ether oxygens (including phenoxy) is 1. The van der Waals surface area contributed by atoms with Crippen molar-refractivity contribution in [3.8, 4) is 5.75 Å². The lowest BCUT2D eigenvalue weighted by Crippen LogP contribution is -2.31. The molecule has 3 N–H and O–H groups in total. The van der Waals surface area contributed by atoms with E-state index in [1.165, 1.54) is 0 Å². The number of halogens is 1. The summed E-state index contributed by atoms with van der Waals surface area (Å²) in [6.07, 6.45) is 0. The van der Waals surface area contributed by atoms with Crippen LogP contribution in [0.3, 0.4) is 0 Å². The van der Waals surface area contributed by atoms with Gasteiger partial charge in [0, 0.05) is 23.7 Å². The maximum Gasteiger partial charge on any atom is 0.257 e. The number of nitrogens with two attached hydrogens (primary N) is 1. The van der Waals surface area contributed by atoms with Crippen LogP contribution in [-0.2, 0) is 11.3 Å². The zero-order chi connectivity index (χ0) is 13.5. The molecule has 0 aliphatic carbocycles. The summed E-state index contributed by atoms with van der Waals surface area (Å²) in [7, 11) is 0. The lowest BCUT2D eigenvalue weighted by Gasteiger charge is -2.12. The van der Waals surface area contributed by atoms with Gasteiger partial charge in [-0.05, 0) is 18.1 Å². The number of hydrogen-bond donors (Lipinski definition) is 2. The Morgan fingerprint density at radius 1 is 1.50 bits per heavy atom. The van der Waals surface area contributed by atoms with Crippen LogP contribution in [0, 0.1) is 5.92 Å². The van der Waals surface area contributed by atoms with E-state index in [0.29, 0.717) is 23.2 Å². The van der Waals surface area contributed by atoms with Crippen molar-refractivity contribution >= 4 is 17.5 Å². The summed E-state index contributed by atoms with van der Waals surface area (Å²) in [6, 6.07) is 5.27. The number of hydrogen-bond acceptors (Lipinski definition) is 3. The Labute approximate surface area is 112 Å². The molecule has 5 heteroatoms. The van der Waals surface area contributed by atoms with Crippen LogP contribution < -0.4 is 15.8 Å². The van der Waals surface area contributed by atoms with Crippen LogP contribution >= 0.6 is 11.6 Å². The first-order valence-electron chi connectivity index (χ1n) is 5.91. The zero-order valence-corrected chi connectivity index (χ0v) is 11.5. The summed E-state index contributed by atoms with van der Waals surface area (Å²) >= 11 is 5.99. The number of rotatable bonds is 6. The van der Waals surface area contributed by atoms with Crippen LogP contribution in [0.15, 0.2) is 18.2 Å². The Kier molecular flexibility index (Phi) is 5.95. The fraction of sp³-hybridized carbons (Fsp3) is 0.462. The summed E-state index contributed by atoms with van der Waals surface area (Å²) < 4.78 is 5.43. The van der Waals surface area contributed by atoms with E-state index in [4.69, 9.17) is 22.1 Å². The molecule has 0 heterocycles. The molecule has 0 aliphatic heterocycles. The Morgan fingerprint density at radius 2 is 2.22 bits per heavy atom. The molecule has 100 valence electrons. The molecule has 1 aromatic carbocycles. The zero-order valence-electron chi connectivity index (χ0n) is 10.7. The molecule has 0 bridgehead atoms. The third-order valence-electron chi connectivity index (χ3n) is 2.35. The molecule has 0 fully saturated rings. The smallest absolute Gasteiger partial charge is 0.257 e. The van der Waals surface area contributed by atoms with Gasteiger partial charge in [-0.25, -0.2) is 0 Å². The lowest BCUT2D eigenvalue weighted by atomic mass is 10.2. The van der Waals surface area contributed by atoms with Crippen molar-refractivity contribution in [3.63, 3.8) is 0 Å². The van der Waals surface area contributed by atoms with Crippen molar-refractivity contribution in [1.29, 1.82) is 0 Å². The maximum absolute atomic E-state index is 11.5. The summed E-state index contributed by atoms with van der Waals surface area (Å²) in [6.45, 7) is 4.96. The summed E-state index contributed by atoms with van der Waals surface area (Å²) in [5.41, 5.74) is 6.31. The molecular formula is C13H19ClN2O2. The van der Waals surface area contributed by atoms with Gasteiger partial charge in [0.25, 0.3) is 5.91 Å². The van der Waals surface area contributed by atoms with Crippen molar-refractivity contribution in [2.45, 2.75) is 20.4 Å². The van der Waals surface area contributed by atoms with E-state index < -0.39 is 0 Å². The molecule has 18 heavy (non-hydrogen) atoms. The summed E-state index contributed by atoms with van der Waals surface area (Å²) in [5, 5.41) is 3.33. The Morgan fingerprint density at radius 3 is 2.83 bits per heavy atom. The average molecular weight is 271 g/mol. The third kappa shape index (κ3) is 4.55. The normalized spacial score (nSPS) is 10.5. The minimum absolute atomic E-state index is 0.0277. The molecule has 1 aromatic rings. The monoisotopic (exact) mass is 270 g/mol. The number of benzene rings is 1. The standard InChI is InChI=1S/C13H19ClN2O2/c1-9(2)7-16-13(17)8-18-12-5-3-4-11(14)10(12)6-15/h3-5,9H,6-8,15H2,1-2H3,(H,16,17). The molecule has 0 saturated heterocycles. The van der Waals surface area contributed by atoms with Crippen LogP contribution in [0.1, 0.15) is 19.4 Å². The van der Waals surface area contributed by atoms with E-state index in [0.717, 1.165) is 5.56 Å². The predicted molar refractivity (Wildman–Crippen MR) is 72.7 cm³/mol. The van der Waals surface area contributed by atoms with Crippen molar-refractivity contribution in [1.82, 2.24) is 5.32 Å². The van der Waals surface area contributed by atoms with Crippen LogP contribution in [-0.4, -0.2) is 19.1 Å². The van der Waals surface area contributed by atoms with Gasteiger partial charge in [-0.3, -0.25) is 4.79 Å². The van der Waals surface area contributed by atoms with E-state index in [9.17, 15) is 4.79 Å². The second kappa shape index (κ2) is 7.24. The number of carbonyl (C=O) groups excluding carboxylic acids is 1. The highest BCUT2D eigenvalue weighted by Crippen LogP contribution is 2.25. The van der Waals surface area contributed by atoms with Crippen molar-refractivity contribution in [3.05, 3.63) is 28.8 Å². The van der Waals surface area contributed by atoms with Crippen molar-refractivity contribution in [2.75, 3.05) is 13.2 Å². The van der Waals surface area contributed by atoms with Gasteiger partial charge in [-0.1, -0.05) is 31.5 Å². The van der Waals surface area contributed by atoms with Gasteiger partial charge in [-0.15, -0.1) is 0 Å². The number of amides is 1. The molecule has 0 saturated carbocycles. The first-order chi connectivity index (χ1) is 8.54. The first kappa shape index (κ1) is 14.8. The summed E-state index contributed by atoms with van der Waals surface area (Å²) in [4.78, 5) is 11.5. The largest absolute Gasteiger partial charge is 0.483 e. The van der Waals surface area contributed by atoms with E-state index in [1.54, 1.807) is 18.2 Å². The molecule has 0 radical (unpaired) electrons. The molecule has 0 atom stereocenters. The van der Waals surface area contributed by atoms with Gasteiger partial charge in [0.1, 0.15) is 5.75 Å². The number of carbonyl (C=O) groups is 1. The van der Waals surface area contributed by atoms with Gasteiger partial charge in [0.05, 0.1) is 0 Å². The van der Waals surface area contributed by atoms with E-state index >= 15 is 0 Å². The van der Waals surface area contributed by atoms with E-state index in [1.807, 2.05) is 13.8 Å². The van der Waals surface area contributed by atoms with Gasteiger partial charge in [0.2, 0.25) is 0 Å². The minimum atomic E-state index is -0.147.